The van der Waals surface area contributed by atoms with E-state index in [4.69, 9.17) is 15.2 Å². The molecule has 30 heavy (non-hydrogen) atoms. The number of hydrogen-bond donors (Lipinski definition) is 2. The molecule has 0 aromatic heterocycles. The van der Waals surface area contributed by atoms with E-state index in [0.717, 1.165) is 31.5 Å². The van der Waals surface area contributed by atoms with Gasteiger partial charge >= 0.3 is 6.03 Å². The van der Waals surface area contributed by atoms with Crippen LogP contribution < -0.4 is 20.5 Å². The van der Waals surface area contributed by atoms with Crippen molar-refractivity contribution in [2.24, 2.45) is 11.7 Å². The van der Waals surface area contributed by atoms with Gasteiger partial charge in [-0.15, -0.1) is 0 Å². The standard InChI is InChI=1S/C21H30N4O5/c1-29-18-12-15(4-5-17(18)30-14-19(22)26)13-23-20(27)16-6-10-25(11-7-16)21(28)24-8-2-3-9-24/h4-5,12,16H,2-3,6-11,13-14H2,1H3,(H2,22,26)(H,23,27). The first-order valence-corrected chi connectivity index (χ1v) is 10.4. The van der Waals surface area contributed by atoms with Gasteiger partial charge in [0, 0.05) is 38.6 Å². The first-order chi connectivity index (χ1) is 14.5. The summed E-state index contributed by atoms with van der Waals surface area (Å²) in [6.07, 6.45) is 3.50. The minimum Gasteiger partial charge on any atom is -0.493 e. The number of nitrogens with one attached hydrogen (secondary N) is 1. The van der Waals surface area contributed by atoms with Crippen LogP contribution in [0.2, 0.25) is 0 Å². The number of likely N-dealkylation sites (tertiary alicyclic amines) is 2. The van der Waals surface area contributed by atoms with Crippen LogP contribution in [-0.2, 0) is 16.1 Å². The summed E-state index contributed by atoms with van der Waals surface area (Å²) in [6, 6.07) is 5.35. The number of methoxy groups -OCH3 is 1. The van der Waals surface area contributed by atoms with Crippen LogP contribution in [0.4, 0.5) is 4.79 Å². The number of benzene rings is 1. The quantitative estimate of drug-likeness (QED) is 0.688. The summed E-state index contributed by atoms with van der Waals surface area (Å²) in [4.78, 5) is 39.7. The fraction of sp³-hybridized carbons (Fsp3) is 0.571. The molecule has 2 fully saturated rings. The normalized spacial score (nSPS) is 17.0. The average molecular weight is 418 g/mol. The summed E-state index contributed by atoms with van der Waals surface area (Å²) < 4.78 is 10.6. The number of amides is 4. The van der Waals surface area contributed by atoms with Crippen LogP contribution in [0.1, 0.15) is 31.2 Å². The van der Waals surface area contributed by atoms with Gasteiger partial charge in [-0.05, 0) is 43.4 Å². The molecule has 2 heterocycles. The molecule has 9 heteroatoms. The maximum absolute atomic E-state index is 12.6. The molecule has 3 N–H and O–H groups in total. The maximum Gasteiger partial charge on any atom is 0.319 e. The van der Waals surface area contributed by atoms with Gasteiger partial charge in [-0.2, -0.15) is 0 Å². The Morgan fingerprint density at radius 3 is 2.37 bits per heavy atom. The number of nitrogens with two attached hydrogens (primary N) is 1. The lowest BCUT2D eigenvalue weighted by atomic mass is 9.96. The molecule has 0 radical (unpaired) electrons. The third kappa shape index (κ3) is 5.55. The summed E-state index contributed by atoms with van der Waals surface area (Å²) in [6.45, 7) is 3.05. The van der Waals surface area contributed by atoms with Crippen LogP contribution in [0.25, 0.3) is 0 Å². The monoisotopic (exact) mass is 418 g/mol. The number of carbonyl (C=O) groups excluding carboxylic acids is 3. The highest BCUT2D eigenvalue weighted by Gasteiger charge is 2.30. The van der Waals surface area contributed by atoms with Gasteiger partial charge in [-0.25, -0.2) is 4.79 Å². The van der Waals surface area contributed by atoms with Gasteiger partial charge in [-0.1, -0.05) is 6.07 Å². The van der Waals surface area contributed by atoms with Crippen molar-refractivity contribution in [1.29, 1.82) is 0 Å². The smallest absolute Gasteiger partial charge is 0.319 e. The molecular formula is C21H30N4O5. The van der Waals surface area contributed by atoms with Crippen LogP contribution in [0, 0.1) is 5.92 Å². The van der Waals surface area contributed by atoms with E-state index in [9.17, 15) is 14.4 Å². The number of urea groups is 1. The van der Waals surface area contributed by atoms with Gasteiger partial charge in [0.2, 0.25) is 5.91 Å². The molecular weight excluding hydrogens is 388 g/mol. The van der Waals surface area contributed by atoms with Crippen molar-refractivity contribution in [2.75, 3.05) is 39.9 Å². The van der Waals surface area contributed by atoms with Crippen LogP contribution in [-0.4, -0.2) is 67.5 Å². The lowest BCUT2D eigenvalue weighted by Gasteiger charge is -2.34. The fourth-order valence-electron chi connectivity index (χ4n) is 3.86. The van der Waals surface area contributed by atoms with Crippen molar-refractivity contribution in [3.8, 4) is 11.5 Å². The Morgan fingerprint density at radius 1 is 1.07 bits per heavy atom. The summed E-state index contributed by atoms with van der Waals surface area (Å²) in [7, 11) is 1.51. The Hall–Kier alpha value is -2.97. The molecule has 0 saturated carbocycles. The van der Waals surface area contributed by atoms with Crippen molar-refractivity contribution >= 4 is 17.8 Å². The molecule has 1 aromatic carbocycles. The minimum absolute atomic E-state index is 0.00343. The van der Waals surface area contributed by atoms with Crippen molar-refractivity contribution in [3.63, 3.8) is 0 Å². The Labute approximate surface area is 176 Å². The first-order valence-electron chi connectivity index (χ1n) is 10.4. The largest absolute Gasteiger partial charge is 0.493 e. The maximum atomic E-state index is 12.6. The molecule has 3 rings (SSSR count). The van der Waals surface area contributed by atoms with Gasteiger partial charge in [0.25, 0.3) is 5.91 Å². The van der Waals surface area contributed by atoms with E-state index in [2.05, 4.69) is 5.32 Å². The lowest BCUT2D eigenvalue weighted by Crippen LogP contribution is -2.47. The highest BCUT2D eigenvalue weighted by atomic mass is 16.5. The highest BCUT2D eigenvalue weighted by Crippen LogP contribution is 2.28. The Kier molecular flexibility index (Phi) is 7.37. The number of hydrogen-bond acceptors (Lipinski definition) is 5. The predicted molar refractivity (Wildman–Crippen MR) is 110 cm³/mol. The zero-order valence-electron chi connectivity index (χ0n) is 17.4. The topological polar surface area (TPSA) is 114 Å². The van der Waals surface area contributed by atoms with Crippen LogP contribution in [0.5, 0.6) is 11.5 Å². The predicted octanol–water partition coefficient (Wildman–Crippen LogP) is 1.10. The van der Waals surface area contributed by atoms with E-state index < -0.39 is 5.91 Å². The molecule has 0 unspecified atom stereocenters. The molecule has 2 aliphatic heterocycles. The van der Waals surface area contributed by atoms with E-state index in [0.29, 0.717) is 44.0 Å². The number of nitrogens with zero attached hydrogens (tertiary/aromatic N) is 2. The second-order valence-electron chi connectivity index (χ2n) is 7.70. The number of carbonyl (C=O) groups is 3. The van der Waals surface area contributed by atoms with Gasteiger partial charge in [-0.3, -0.25) is 9.59 Å². The summed E-state index contributed by atoms with van der Waals surface area (Å²) in [5, 5.41) is 2.97. The van der Waals surface area contributed by atoms with Crippen LogP contribution in [0.3, 0.4) is 0 Å². The van der Waals surface area contributed by atoms with E-state index in [1.807, 2.05) is 9.80 Å². The lowest BCUT2D eigenvalue weighted by molar-refractivity contribution is -0.126. The third-order valence-electron chi connectivity index (χ3n) is 5.58. The van der Waals surface area contributed by atoms with Crippen LogP contribution >= 0.6 is 0 Å². The number of piperidine rings is 1. The molecule has 0 atom stereocenters. The molecule has 1 aromatic rings. The molecule has 4 amide bonds. The molecule has 2 aliphatic rings. The van der Waals surface area contributed by atoms with Crippen molar-refractivity contribution < 1.29 is 23.9 Å². The van der Waals surface area contributed by atoms with Crippen molar-refractivity contribution in [2.45, 2.75) is 32.2 Å². The molecule has 0 aliphatic carbocycles. The summed E-state index contributed by atoms with van der Waals surface area (Å²) in [5.74, 6) is 0.226. The summed E-state index contributed by atoms with van der Waals surface area (Å²) in [5.41, 5.74) is 5.95. The second kappa shape index (κ2) is 10.2. The highest BCUT2D eigenvalue weighted by molar-refractivity contribution is 5.80. The minimum atomic E-state index is -0.568. The SMILES string of the molecule is COc1cc(CNC(=O)C2CCN(C(=O)N3CCCC3)CC2)ccc1OCC(N)=O. The molecule has 164 valence electrons. The Bertz CT molecular complexity index is 771. The summed E-state index contributed by atoms with van der Waals surface area (Å²) >= 11 is 0. The molecule has 2 saturated heterocycles. The zero-order chi connectivity index (χ0) is 21.5. The van der Waals surface area contributed by atoms with E-state index >= 15 is 0 Å². The Balaban J connectivity index is 1.46. The van der Waals surface area contributed by atoms with E-state index in [1.165, 1.54) is 7.11 Å². The van der Waals surface area contributed by atoms with E-state index in [1.54, 1.807) is 18.2 Å². The van der Waals surface area contributed by atoms with Crippen LogP contribution in [0.15, 0.2) is 18.2 Å². The van der Waals surface area contributed by atoms with Gasteiger partial charge in [0.1, 0.15) is 0 Å². The number of ether oxygens (including phenoxy) is 2. The fourth-order valence-corrected chi connectivity index (χ4v) is 3.86. The second-order valence-corrected chi connectivity index (χ2v) is 7.70. The molecule has 0 bridgehead atoms. The van der Waals surface area contributed by atoms with Gasteiger partial charge < -0.3 is 30.3 Å². The van der Waals surface area contributed by atoms with Gasteiger partial charge in [0.05, 0.1) is 7.11 Å². The Morgan fingerprint density at radius 2 is 1.73 bits per heavy atom. The average Bonchev–Trinajstić information content (AvgIpc) is 3.30. The first kappa shape index (κ1) is 21.7. The van der Waals surface area contributed by atoms with Gasteiger partial charge in [0.15, 0.2) is 18.1 Å². The molecule has 0 spiro atoms. The number of rotatable bonds is 7. The number of primary amides is 1. The van der Waals surface area contributed by atoms with E-state index in [-0.39, 0.29) is 24.5 Å². The molecule has 9 nitrogen and oxygen atoms in total. The third-order valence-corrected chi connectivity index (χ3v) is 5.58. The zero-order valence-corrected chi connectivity index (χ0v) is 17.4. The van der Waals surface area contributed by atoms with Crippen molar-refractivity contribution in [3.05, 3.63) is 23.8 Å². The van der Waals surface area contributed by atoms with Crippen molar-refractivity contribution in [1.82, 2.24) is 15.1 Å².